The summed E-state index contributed by atoms with van der Waals surface area (Å²) in [5.41, 5.74) is 2.65. The monoisotopic (exact) mass is 341 g/mol. The minimum absolute atomic E-state index is 0. The molecule has 0 unspecified atom stereocenters. The zero-order valence-electron chi connectivity index (χ0n) is 16.2. The highest BCUT2D eigenvalue weighted by atomic mass is 35.5. The Balaban J connectivity index is 0.00000484. The normalized spacial score (nSPS) is 11.7. The second-order valence-corrected chi connectivity index (χ2v) is 7.35. The van der Waals surface area contributed by atoms with E-state index in [0.717, 1.165) is 18.9 Å². The van der Waals surface area contributed by atoms with E-state index >= 15 is 0 Å². The number of ether oxygens (including phenoxy) is 1. The number of para-hydroxylation sites is 1. The molecule has 0 aliphatic rings. The van der Waals surface area contributed by atoms with Crippen LogP contribution < -0.4 is 4.74 Å². The maximum absolute atomic E-state index is 6.28. The smallest absolute Gasteiger partial charge is 0.126 e. The average Bonchev–Trinajstić information content (AvgIpc) is 2.41. The van der Waals surface area contributed by atoms with Gasteiger partial charge in [-0.2, -0.15) is 0 Å². The standard InChI is InChI=1S/C20H35NO.ClH/c1-14(2)18-10-9-11-19(15(3)4)20(18)22-13-12-21(16(5)6)17(7)8;/h9-11,14-17H,12-13H2,1-8H3;1H. The van der Waals surface area contributed by atoms with Gasteiger partial charge in [0.15, 0.2) is 0 Å². The van der Waals surface area contributed by atoms with E-state index in [0.29, 0.717) is 23.9 Å². The molecular formula is C20H36ClNO. The molecule has 0 spiro atoms. The summed E-state index contributed by atoms with van der Waals surface area (Å²) in [6, 6.07) is 7.66. The molecule has 0 N–H and O–H groups in total. The van der Waals surface area contributed by atoms with Crippen molar-refractivity contribution in [2.45, 2.75) is 79.3 Å². The summed E-state index contributed by atoms with van der Waals surface area (Å²) in [5, 5.41) is 0. The van der Waals surface area contributed by atoms with E-state index in [9.17, 15) is 0 Å². The zero-order valence-corrected chi connectivity index (χ0v) is 17.0. The van der Waals surface area contributed by atoms with Crippen LogP contribution in [-0.2, 0) is 0 Å². The fraction of sp³-hybridized carbons (Fsp3) is 0.700. The van der Waals surface area contributed by atoms with Crippen LogP contribution in [0.2, 0.25) is 0 Å². The van der Waals surface area contributed by atoms with Crippen LogP contribution in [0.25, 0.3) is 0 Å². The van der Waals surface area contributed by atoms with Gasteiger partial charge in [-0.15, -0.1) is 12.4 Å². The van der Waals surface area contributed by atoms with E-state index in [4.69, 9.17) is 4.74 Å². The lowest BCUT2D eigenvalue weighted by Gasteiger charge is -2.30. The first-order valence-electron chi connectivity index (χ1n) is 8.77. The predicted molar refractivity (Wildman–Crippen MR) is 104 cm³/mol. The van der Waals surface area contributed by atoms with Gasteiger partial charge in [-0.1, -0.05) is 45.9 Å². The Morgan fingerprint density at radius 1 is 0.826 bits per heavy atom. The lowest BCUT2D eigenvalue weighted by Crippen LogP contribution is -2.39. The second-order valence-electron chi connectivity index (χ2n) is 7.35. The molecule has 0 radical (unpaired) electrons. The largest absolute Gasteiger partial charge is 0.492 e. The maximum Gasteiger partial charge on any atom is 0.126 e. The molecule has 0 saturated heterocycles. The molecule has 0 fully saturated rings. The van der Waals surface area contributed by atoms with Crippen molar-refractivity contribution in [3.8, 4) is 5.75 Å². The molecule has 0 bridgehead atoms. The molecule has 1 aromatic carbocycles. The third-order valence-corrected chi connectivity index (χ3v) is 4.24. The minimum atomic E-state index is 0. The highest BCUT2D eigenvalue weighted by molar-refractivity contribution is 5.85. The molecule has 0 aliphatic carbocycles. The van der Waals surface area contributed by atoms with Gasteiger partial charge in [-0.05, 0) is 50.7 Å². The minimum Gasteiger partial charge on any atom is -0.492 e. The summed E-state index contributed by atoms with van der Waals surface area (Å²) in [4.78, 5) is 2.48. The van der Waals surface area contributed by atoms with Crippen molar-refractivity contribution >= 4 is 12.4 Å². The number of nitrogens with zero attached hydrogens (tertiary/aromatic N) is 1. The van der Waals surface area contributed by atoms with Crippen LogP contribution in [0.4, 0.5) is 0 Å². The van der Waals surface area contributed by atoms with Crippen molar-refractivity contribution in [3.63, 3.8) is 0 Å². The van der Waals surface area contributed by atoms with Gasteiger partial charge in [0, 0.05) is 18.6 Å². The van der Waals surface area contributed by atoms with E-state index in [1.54, 1.807) is 0 Å². The van der Waals surface area contributed by atoms with Crippen molar-refractivity contribution in [2.75, 3.05) is 13.2 Å². The summed E-state index contributed by atoms with van der Waals surface area (Å²) in [7, 11) is 0. The maximum atomic E-state index is 6.28. The van der Waals surface area contributed by atoms with E-state index in [-0.39, 0.29) is 12.4 Å². The van der Waals surface area contributed by atoms with Gasteiger partial charge in [-0.3, -0.25) is 4.90 Å². The highest BCUT2D eigenvalue weighted by Crippen LogP contribution is 2.34. The molecule has 0 saturated carbocycles. The molecule has 23 heavy (non-hydrogen) atoms. The van der Waals surface area contributed by atoms with E-state index in [2.05, 4.69) is 78.5 Å². The summed E-state index contributed by atoms with van der Waals surface area (Å²) in [6.07, 6.45) is 0. The Kier molecular flexibility index (Phi) is 9.88. The molecule has 0 aliphatic heterocycles. The van der Waals surface area contributed by atoms with Crippen LogP contribution in [-0.4, -0.2) is 30.1 Å². The van der Waals surface area contributed by atoms with Gasteiger partial charge in [0.05, 0.1) is 0 Å². The Morgan fingerprint density at radius 3 is 1.61 bits per heavy atom. The molecule has 1 aromatic rings. The van der Waals surface area contributed by atoms with E-state index in [1.165, 1.54) is 11.1 Å². The first-order chi connectivity index (χ1) is 10.3. The third-order valence-electron chi connectivity index (χ3n) is 4.24. The van der Waals surface area contributed by atoms with Crippen molar-refractivity contribution in [2.24, 2.45) is 0 Å². The average molecular weight is 342 g/mol. The fourth-order valence-corrected chi connectivity index (χ4v) is 3.02. The Hall–Kier alpha value is -0.730. The van der Waals surface area contributed by atoms with E-state index in [1.807, 2.05) is 0 Å². The molecule has 134 valence electrons. The van der Waals surface area contributed by atoms with Crippen LogP contribution in [0, 0.1) is 0 Å². The molecule has 1 rings (SSSR count). The number of halogens is 1. The predicted octanol–water partition coefficient (Wildman–Crippen LogP) is 5.85. The summed E-state index contributed by atoms with van der Waals surface area (Å²) < 4.78 is 6.28. The van der Waals surface area contributed by atoms with Crippen LogP contribution in [0.1, 0.15) is 78.4 Å². The van der Waals surface area contributed by atoms with Crippen molar-refractivity contribution in [1.82, 2.24) is 4.90 Å². The van der Waals surface area contributed by atoms with Crippen molar-refractivity contribution < 1.29 is 4.74 Å². The zero-order chi connectivity index (χ0) is 16.9. The topological polar surface area (TPSA) is 12.5 Å². The molecule has 0 amide bonds. The molecule has 0 heterocycles. The summed E-state index contributed by atoms with van der Waals surface area (Å²) >= 11 is 0. The number of hydrogen-bond donors (Lipinski definition) is 0. The molecular weight excluding hydrogens is 306 g/mol. The highest BCUT2D eigenvalue weighted by Gasteiger charge is 2.17. The third kappa shape index (κ3) is 6.35. The van der Waals surface area contributed by atoms with Crippen molar-refractivity contribution in [1.29, 1.82) is 0 Å². The lowest BCUT2D eigenvalue weighted by atomic mass is 9.94. The van der Waals surface area contributed by atoms with Crippen LogP contribution in [0.3, 0.4) is 0 Å². The summed E-state index contributed by atoms with van der Waals surface area (Å²) in [6.45, 7) is 19.7. The molecule has 0 aromatic heterocycles. The number of rotatable bonds is 8. The van der Waals surface area contributed by atoms with Gasteiger partial charge < -0.3 is 4.74 Å². The van der Waals surface area contributed by atoms with Crippen LogP contribution in [0.15, 0.2) is 18.2 Å². The number of hydrogen-bond acceptors (Lipinski definition) is 2. The van der Waals surface area contributed by atoms with Gasteiger partial charge in [0.2, 0.25) is 0 Å². The first-order valence-corrected chi connectivity index (χ1v) is 8.77. The Labute approximate surface area is 150 Å². The quantitative estimate of drug-likeness (QED) is 0.587. The van der Waals surface area contributed by atoms with Crippen LogP contribution in [0.5, 0.6) is 5.75 Å². The Morgan fingerprint density at radius 2 is 1.26 bits per heavy atom. The lowest BCUT2D eigenvalue weighted by molar-refractivity contribution is 0.141. The van der Waals surface area contributed by atoms with Crippen LogP contribution >= 0.6 is 12.4 Å². The molecule has 2 nitrogen and oxygen atoms in total. The van der Waals surface area contributed by atoms with Gasteiger partial charge in [0.25, 0.3) is 0 Å². The van der Waals surface area contributed by atoms with Gasteiger partial charge >= 0.3 is 0 Å². The molecule has 0 atom stereocenters. The second kappa shape index (κ2) is 10.2. The first kappa shape index (κ1) is 22.3. The van der Waals surface area contributed by atoms with Crippen molar-refractivity contribution in [3.05, 3.63) is 29.3 Å². The number of benzene rings is 1. The van der Waals surface area contributed by atoms with Gasteiger partial charge in [-0.25, -0.2) is 0 Å². The molecule has 3 heteroatoms. The SMILES string of the molecule is CC(C)c1cccc(C(C)C)c1OCCN(C(C)C)C(C)C.Cl. The van der Waals surface area contributed by atoms with E-state index < -0.39 is 0 Å². The van der Waals surface area contributed by atoms with Gasteiger partial charge in [0.1, 0.15) is 12.4 Å². The summed E-state index contributed by atoms with van der Waals surface area (Å²) in [5.74, 6) is 2.08. The fourth-order valence-electron chi connectivity index (χ4n) is 3.02. The Bertz CT molecular complexity index is 421.